The van der Waals surface area contributed by atoms with E-state index in [0.717, 1.165) is 12.8 Å². The van der Waals surface area contributed by atoms with Gasteiger partial charge in [-0.3, -0.25) is 0 Å². The molecule has 4 atom stereocenters. The van der Waals surface area contributed by atoms with Crippen molar-refractivity contribution < 1.29 is 18.6 Å². The van der Waals surface area contributed by atoms with E-state index in [1.54, 1.807) is 0 Å². The minimum atomic E-state index is -1.26. The lowest BCUT2D eigenvalue weighted by Gasteiger charge is -2.20. The molecule has 0 bridgehead atoms. The number of unbranched alkanes of at least 4 members (excludes halogenated alkanes) is 3. The molecule has 5 heteroatoms. The topological polar surface area (TPSA) is 27.7 Å². The van der Waals surface area contributed by atoms with Crippen LogP contribution in [0.15, 0.2) is 0 Å². The molecule has 0 amide bonds. The Bertz CT molecular complexity index is 231. The van der Waals surface area contributed by atoms with Crippen LogP contribution in [-0.4, -0.2) is 52.0 Å². The smallest absolute Gasteiger partial charge is 0.146 e. The van der Waals surface area contributed by atoms with Crippen LogP contribution in [0.4, 0.5) is 4.39 Å². The average molecular weight is 272 g/mol. The maximum Gasteiger partial charge on any atom is 0.146 e. The van der Waals surface area contributed by atoms with Crippen molar-refractivity contribution in [3.05, 3.63) is 0 Å². The fraction of sp³-hybridized carbons (Fsp3) is 1.00. The van der Waals surface area contributed by atoms with E-state index in [-0.39, 0.29) is 6.10 Å². The van der Waals surface area contributed by atoms with Crippen LogP contribution in [0.3, 0.4) is 0 Å². The predicted molar refractivity (Wildman–Crippen MR) is 74.3 cm³/mol. The van der Waals surface area contributed by atoms with E-state index in [1.807, 2.05) is 6.92 Å². The molecule has 3 nitrogen and oxygen atoms in total. The fourth-order valence-corrected chi connectivity index (χ4v) is 2.16. The fourth-order valence-electron chi connectivity index (χ4n) is 2.16. The number of rotatable bonds is 10. The van der Waals surface area contributed by atoms with Crippen LogP contribution < -0.4 is 0 Å². The normalized spacial score (nSPS) is 30.9. The molecular formula is C14H26BFO3. The maximum atomic E-state index is 13.8. The highest BCUT2D eigenvalue weighted by Gasteiger charge is 2.43. The number of hydrogen-bond acceptors (Lipinski definition) is 3. The lowest BCUT2D eigenvalue weighted by atomic mass is 9.94. The van der Waals surface area contributed by atoms with E-state index < -0.39 is 18.3 Å². The summed E-state index contributed by atoms with van der Waals surface area (Å²) in [5, 5.41) is 0. The molecule has 2 radical (unpaired) electrons. The highest BCUT2D eigenvalue weighted by Crippen LogP contribution is 2.25. The maximum absolute atomic E-state index is 13.8. The second kappa shape index (κ2) is 9.73. The van der Waals surface area contributed by atoms with E-state index in [1.165, 1.54) is 19.3 Å². The number of ether oxygens (including phenoxy) is 3. The summed E-state index contributed by atoms with van der Waals surface area (Å²) >= 11 is 0. The van der Waals surface area contributed by atoms with Crippen molar-refractivity contribution >= 4 is 7.85 Å². The van der Waals surface area contributed by atoms with Crippen LogP contribution in [0.2, 0.25) is 0 Å². The molecule has 0 N–H and O–H groups in total. The van der Waals surface area contributed by atoms with E-state index in [0.29, 0.717) is 19.8 Å². The van der Waals surface area contributed by atoms with Gasteiger partial charge in [0.1, 0.15) is 26.2 Å². The molecule has 19 heavy (non-hydrogen) atoms. The van der Waals surface area contributed by atoms with Crippen molar-refractivity contribution in [2.45, 2.75) is 70.3 Å². The van der Waals surface area contributed by atoms with Gasteiger partial charge in [-0.1, -0.05) is 33.1 Å². The molecule has 0 saturated carbocycles. The first-order valence-electron chi connectivity index (χ1n) is 7.45. The standard InChI is InChI=1S/C14H26BFO3/c1-3-5-6-7-9-17-10-11-13(18-8-4-2)12(16)14(15)19-11/h11-14H,3-10H2,1-2H3/t11-,12+,13-,14-/m1/s1. The third-order valence-electron chi connectivity index (χ3n) is 3.26. The number of hydrogen-bond donors (Lipinski definition) is 0. The van der Waals surface area contributed by atoms with Crippen molar-refractivity contribution in [1.29, 1.82) is 0 Å². The zero-order valence-corrected chi connectivity index (χ0v) is 12.1. The average Bonchev–Trinajstić information content (AvgIpc) is 2.67. The van der Waals surface area contributed by atoms with Gasteiger partial charge in [0.05, 0.1) is 12.6 Å². The summed E-state index contributed by atoms with van der Waals surface area (Å²) in [5.74, 6) is 0. The molecule has 0 aliphatic carbocycles. The molecule has 1 rings (SSSR count). The summed E-state index contributed by atoms with van der Waals surface area (Å²) in [7, 11) is 5.57. The van der Waals surface area contributed by atoms with Gasteiger partial charge >= 0.3 is 0 Å². The van der Waals surface area contributed by atoms with E-state index in [2.05, 4.69) is 6.92 Å². The van der Waals surface area contributed by atoms with Gasteiger partial charge in [-0.25, -0.2) is 4.39 Å². The number of alkyl halides is 1. The quantitative estimate of drug-likeness (QED) is 0.452. The summed E-state index contributed by atoms with van der Waals surface area (Å²) in [4.78, 5) is 0. The third kappa shape index (κ3) is 5.80. The van der Waals surface area contributed by atoms with Gasteiger partial charge in [0.15, 0.2) is 0 Å². The summed E-state index contributed by atoms with van der Waals surface area (Å²) < 4.78 is 30.2. The molecule has 1 aliphatic rings. The minimum absolute atomic E-state index is 0.356. The van der Waals surface area contributed by atoms with Crippen LogP contribution in [0, 0.1) is 0 Å². The molecule has 0 aromatic rings. The Hall–Kier alpha value is -0.125. The first-order chi connectivity index (χ1) is 9.20. The van der Waals surface area contributed by atoms with Gasteiger partial charge in [-0.05, 0) is 12.8 Å². The van der Waals surface area contributed by atoms with Crippen molar-refractivity contribution in [1.82, 2.24) is 0 Å². The van der Waals surface area contributed by atoms with Crippen molar-refractivity contribution in [2.24, 2.45) is 0 Å². The van der Waals surface area contributed by atoms with Crippen LogP contribution >= 0.6 is 0 Å². The molecular weight excluding hydrogens is 246 g/mol. The van der Waals surface area contributed by atoms with Crippen LogP contribution in [0.25, 0.3) is 0 Å². The Morgan fingerprint density at radius 3 is 2.58 bits per heavy atom. The Labute approximate surface area is 117 Å². The van der Waals surface area contributed by atoms with Crippen molar-refractivity contribution in [2.75, 3.05) is 19.8 Å². The highest BCUT2D eigenvalue weighted by molar-refractivity contribution is 6.11. The SMILES string of the molecule is [B][C@@H]1O[C@H](COCCCCCC)[C@@H](OCCC)[C@@H]1F. The Balaban J connectivity index is 2.22. The highest BCUT2D eigenvalue weighted by atomic mass is 19.1. The summed E-state index contributed by atoms with van der Waals surface area (Å²) in [6.45, 7) is 5.73. The van der Waals surface area contributed by atoms with E-state index in [4.69, 9.17) is 22.1 Å². The Morgan fingerprint density at radius 2 is 1.89 bits per heavy atom. The largest absolute Gasteiger partial charge is 0.379 e. The monoisotopic (exact) mass is 272 g/mol. The lowest BCUT2D eigenvalue weighted by molar-refractivity contribution is -0.0602. The van der Waals surface area contributed by atoms with Gasteiger partial charge < -0.3 is 14.2 Å². The summed E-state index contributed by atoms with van der Waals surface area (Å²) in [6.07, 6.45) is 3.24. The van der Waals surface area contributed by atoms with E-state index >= 15 is 0 Å². The second-order valence-corrected chi connectivity index (χ2v) is 5.05. The Morgan fingerprint density at radius 1 is 1.11 bits per heavy atom. The van der Waals surface area contributed by atoms with E-state index in [9.17, 15) is 4.39 Å². The molecule has 0 aromatic carbocycles. The van der Waals surface area contributed by atoms with Gasteiger partial charge in [0.2, 0.25) is 0 Å². The van der Waals surface area contributed by atoms with Gasteiger partial charge in [-0.2, -0.15) is 0 Å². The molecule has 1 fully saturated rings. The number of halogens is 1. The second-order valence-electron chi connectivity index (χ2n) is 5.05. The molecule has 0 unspecified atom stereocenters. The van der Waals surface area contributed by atoms with Crippen molar-refractivity contribution in [3.8, 4) is 0 Å². The molecule has 0 spiro atoms. The van der Waals surface area contributed by atoms with Crippen LogP contribution in [0.1, 0.15) is 46.0 Å². The molecule has 0 aromatic heterocycles. The summed E-state index contributed by atoms with van der Waals surface area (Å²) in [5.41, 5.74) is 0. The van der Waals surface area contributed by atoms with Gasteiger partial charge in [-0.15, -0.1) is 0 Å². The zero-order valence-electron chi connectivity index (χ0n) is 12.1. The Kier molecular flexibility index (Phi) is 8.67. The van der Waals surface area contributed by atoms with Crippen LogP contribution in [0.5, 0.6) is 0 Å². The van der Waals surface area contributed by atoms with Gasteiger partial charge in [0, 0.05) is 13.2 Å². The predicted octanol–water partition coefficient (Wildman–Crippen LogP) is 2.61. The molecule has 1 saturated heterocycles. The third-order valence-corrected chi connectivity index (χ3v) is 3.26. The van der Waals surface area contributed by atoms with Gasteiger partial charge in [0.25, 0.3) is 0 Å². The summed E-state index contributed by atoms with van der Waals surface area (Å²) in [6, 6.07) is -0.893. The lowest BCUT2D eigenvalue weighted by Crippen LogP contribution is -2.35. The van der Waals surface area contributed by atoms with Crippen molar-refractivity contribution in [3.63, 3.8) is 0 Å². The first-order valence-corrected chi connectivity index (χ1v) is 7.45. The molecule has 1 aliphatic heterocycles. The minimum Gasteiger partial charge on any atom is -0.379 e. The zero-order chi connectivity index (χ0) is 14.1. The first kappa shape index (κ1) is 16.9. The van der Waals surface area contributed by atoms with Crippen LogP contribution in [-0.2, 0) is 14.2 Å². The molecule has 110 valence electrons. The molecule has 1 heterocycles.